The summed E-state index contributed by atoms with van der Waals surface area (Å²) in [6.07, 6.45) is -1.13. The van der Waals surface area contributed by atoms with Crippen LogP contribution in [0.3, 0.4) is 0 Å². The van der Waals surface area contributed by atoms with Gasteiger partial charge in [0.1, 0.15) is 0 Å². The van der Waals surface area contributed by atoms with Crippen LogP contribution in [0, 0.1) is 5.92 Å². The third-order valence-electron chi connectivity index (χ3n) is 6.57. The number of nitrogens with one attached hydrogen (secondary N) is 1. The molecule has 0 aliphatic carbocycles. The maximum absolute atomic E-state index is 12.7. The zero-order valence-electron chi connectivity index (χ0n) is 21.4. The number of aliphatic hydroxyl groups excluding tert-OH is 1. The summed E-state index contributed by atoms with van der Waals surface area (Å²) in [6, 6.07) is 22.9. The molecule has 12 heteroatoms. The molecule has 5 rings (SSSR count). The van der Waals surface area contributed by atoms with Crippen molar-refractivity contribution in [1.82, 2.24) is 20.2 Å². The normalized spacial score (nSPS) is 21.5. The van der Waals surface area contributed by atoms with E-state index < -0.39 is 16.3 Å². The predicted octanol–water partition coefficient (Wildman–Crippen LogP) is 4.09. The van der Waals surface area contributed by atoms with Gasteiger partial charge >= 0.3 is 0 Å². The lowest BCUT2D eigenvalue weighted by molar-refractivity contribution is -0.268. The molecule has 2 heterocycles. The standard InChI is InChI=1S/C27H29N5O5S2/c1-18-24(17-38-27-28-30-31-32(27)2)36-26(37-25(18)20-10-8-19(16-33)9-11-20)21-12-14-22(15-13-21)29-39(34,35)23-6-4-3-5-7-23/h3-15,18,24-26,29,33H,16-17H2,1-2H3. The summed E-state index contributed by atoms with van der Waals surface area (Å²) in [4.78, 5) is 0.190. The van der Waals surface area contributed by atoms with Gasteiger partial charge in [0.2, 0.25) is 5.16 Å². The van der Waals surface area contributed by atoms with Crippen molar-refractivity contribution in [2.75, 3.05) is 10.5 Å². The van der Waals surface area contributed by atoms with Crippen LogP contribution in [0.2, 0.25) is 0 Å². The van der Waals surface area contributed by atoms with E-state index in [0.29, 0.717) is 16.6 Å². The number of hydrogen-bond acceptors (Lipinski definition) is 9. The minimum Gasteiger partial charge on any atom is -0.392 e. The summed E-state index contributed by atoms with van der Waals surface area (Å²) in [5, 5.41) is 21.8. The van der Waals surface area contributed by atoms with E-state index in [0.717, 1.165) is 16.7 Å². The van der Waals surface area contributed by atoms with Gasteiger partial charge in [-0.15, -0.1) is 5.10 Å². The van der Waals surface area contributed by atoms with Crippen LogP contribution in [-0.4, -0.2) is 45.6 Å². The molecule has 0 saturated carbocycles. The largest absolute Gasteiger partial charge is 0.392 e. The third kappa shape index (κ3) is 6.31. The van der Waals surface area contributed by atoms with Crippen LogP contribution in [0.4, 0.5) is 5.69 Å². The molecule has 1 fully saturated rings. The van der Waals surface area contributed by atoms with Gasteiger partial charge in [-0.25, -0.2) is 13.1 Å². The lowest BCUT2D eigenvalue weighted by atomic mass is 9.91. The zero-order chi connectivity index (χ0) is 27.4. The quantitative estimate of drug-likeness (QED) is 0.287. The maximum atomic E-state index is 12.7. The number of aromatic nitrogens is 4. The monoisotopic (exact) mass is 567 g/mol. The number of aryl methyl sites for hydroxylation is 1. The Morgan fingerprint density at radius 1 is 0.974 bits per heavy atom. The van der Waals surface area contributed by atoms with Gasteiger partial charge in [-0.1, -0.05) is 73.3 Å². The molecule has 1 aromatic heterocycles. The van der Waals surface area contributed by atoms with Crippen molar-refractivity contribution in [2.24, 2.45) is 13.0 Å². The molecule has 4 atom stereocenters. The Bertz CT molecular complexity index is 1480. The Hall–Kier alpha value is -3.29. The molecular weight excluding hydrogens is 538 g/mol. The Kier molecular flexibility index (Phi) is 8.29. The Morgan fingerprint density at radius 2 is 1.67 bits per heavy atom. The second kappa shape index (κ2) is 11.8. The Morgan fingerprint density at radius 3 is 2.31 bits per heavy atom. The fraction of sp³-hybridized carbons (Fsp3) is 0.296. The zero-order valence-corrected chi connectivity index (χ0v) is 23.0. The van der Waals surface area contributed by atoms with E-state index >= 15 is 0 Å². The summed E-state index contributed by atoms with van der Waals surface area (Å²) in [5.74, 6) is 0.613. The molecule has 2 N–H and O–H groups in total. The second-order valence-electron chi connectivity index (χ2n) is 9.26. The smallest absolute Gasteiger partial charge is 0.261 e. The Labute approximate surface area is 231 Å². The van der Waals surface area contributed by atoms with Crippen LogP contribution in [-0.2, 0) is 33.2 Å². The highest BCUT2D eigenvalue weighted by atomic mass is 32.2. The molecule has 10 nitrogen and oxygen atoms in total. The van der Waals surface area contributed by atoms with E-state index in [-0.39, 0.29) is 29.6 Å². The van der Waals surface area contributed by atoms with Crippen molar-refractivity contribution in [2.45, 2.75) is 42.1 Å². The highest BCUT2D eigenvalue weighted by Crippen LogP contribution is 2.43. The summed E-state index contributed by atoms with van der Waals surface area (Å²) >= 11 is 1.51. The molecule has 4 unspecified atom stereocenters. The van der Waals surface area contributed by atoms with Gasteiger partial charge in [-0.05, 0) is 45.8 Å². The molecule has 0 amide bonds. The number of benzene rings is 3. The lowest BCUT2D eigenvalue weighted by Crippen LogP contribution is -2.38. The molecular formula is C27H29N5O5S2. The number of nitrogens with zero attached hydrogens (tertiary/aromatic N) is 4. The van der Waals surface area contributed by atoms with Crippen LogP contribution in [0.5, 0.6) is 0 Å². The highest BCUT2D eigenvalue weighted by molar-refractivity contribution is 7.99. The number of sulfonamides is 1. The average Bonchev–Trinajstić information content (AvgIpc) is 3.37. The number of anilines is 1. The number of thioether (sulfide) groups is 1. The maximum Gasteiger partial charge on any atom is 0.261 e. The van der Waals surface area contributed by atoms with Crippen LogP contribution < -0.4 is 4.72 Å². The molecule has 0 spiro atoms. The van der Waals surface area contributed by atoms with Gasteiger partial charge in [-0.2, -0.15) is 0 Å². The van der Waals surface area contributed by atoms with Crippen molar-refractivity contribution in [1.29, 1.82) is 0 Å². The van der Waals surface area contributed by atoms with Gasteiger partial charge in [0.25, 0.3) is 10.0 Å². The molecule has 0 radical (unpaired) electrons. The summed E-state index contributed by atoms with van der Waals surface area (Å²) in [7, 11) is -1.91. The van der Waals surface area contributed by atoms with Crippen molar-refractivity contribution in [3.05, 3.63) is 95.6 Å². The SMILES string of the molecule is CC1C(CSc2nnnn2C)OC(c2ccc(NS(=O)(=O)c3ccccc3)cc2)OC1c1ccc(CO)cc1. The molecule has 0 bridgehead atoms. The molecule has 4 aromatic rings. The molecule has 1 aliphatic heterocycles. The first-order chi connectivity index (χ1) is 18.8. The van der Waals surface area contributed by atoms with Crippen LogP contribution in [0.1, 0.15) is 36.0 Å². The number of ether oxygens (including phenoxy) is 2. The van der Waals surface area contributed by atoms with Crippen LogP contribution in [0.15, 0.2) is 88.9 Å². The first kappa shape index (κ1) is 27.3. The van der Waals surface area contributed by atoms with Crippen molar-refractivity contribution >= 4 is 27.5 Å². The first-order valence-electron chi connectivity index (χ1n) is 12.4. The predicted molar refractivity (Wildman–Crippen MR) is 146 cm³/mol. The van der Waals surface area contributed by atoms with E-state index in [1.54, 1.807) is 66.3 Å². The van der Waals surface area contributed by atoms with Gasteiger partial charge in [0.15, 0.2) is 6.29 Å². The minimum atomic E-state index is -3.70. The van der Waals surface area contributed by atoms with E-state index in [4.69, 9.17) is 9.47 Å². The van der Waals surface area contributed by atoms with Gasteiger partial charge < -0.3 is 14.6 Å². The van der Waals surface area contributed by atoms with E-state index in [9.17, 15) is 13.5 Å². The van der Waals surface area contributed by atoms with Crippen molar-refractivity contribution < 1.29 is 23.0 Å². The number of tetrazole rings is 1. The molecule has 1 saturated heterocycles. The minimum absolute atomic E-state index is 0.00636. The van der Waals surface area contributed by atoms with Gasteiger partial charge in [-0.3, -0.25) is 4.72 Å². The van der Waals surface area contributed by atoms with Crippen LogP contribution >= 0.6 is 11.8 Å². The van der Waals surface area contributed by atoms with Crippen molar-refractivity contribution in [3.63, 3.8) is 0 Å². The van der Waals surface area contributed by atoms with E-state index in [2.05, 4.69) is 27.2 Å². The van der Waals surface area contributed by atoms with Crippen LogP contribution in [0.25, 0.3) is 0 Å². The Balaban J connectivity index is 1.36. The number of hydrogen-bond donors (Lipinski definition) is 2. The summed E-state index contributed by atoms with van der Waals surface area (Å²) < 4.78 is 42.6. The molecule has 39 heavy (non-hydrogen) atoms. The van der Waals surface area contributed by atoms with E-state index in [1.165, 1.54) is 11.8 Å². The number of rotatable bonds is 9. The third-order valence-corrected chi connectivity index (χ3v) is 9.07. The first-order valence-corrected chi connectivity index (χ1v) is 14.8. The topological polar surface area (TPSA) is 128 Å². The average molecular weight is 568 g/mol. The fourth-order valence-corrected chi connectivity index (χ4v) is 6.42. The summed E-state index contributed by atoms with van der Waals surface area (Å²) in [5.41, 5.74) is 3.00. The molecule has 204 valence electrons. The molecule has 3 aromatic carbocycles. The lowest BCUT2D eigenvalue weighted by Gasteiger charge is -2.41. The second-order valence-corrected chi connectivity index (χ2v) is 11.9. The van der Waals surface area contributed by atoms with E-state index in [1.807, 2.05) is 24.3 Å². The fourth-order valence-electron chi connectivity index (χ4n) is 4.33. The highest BCUT2D eigenvalue weighted by Gasteiger charge is 2.38. The van der Waals surface area contributed by atoms with Gasteiger partial charge in [0.05, 0.1) is 23.7 Å². The molecule has 1 aliphatic rings. The summed E-state index contributed by atoms with van der Waals surface area (Å²) in [6.45, 7) is 2.06. The van der Waals surface area contributed by atoms with Gasteiger partial charge in [0, 0.05) is 30.0 Å². The van der Waals surface area contributed by atoms with Crippen molar-refractivity contribution in [3.8, 4) is 0 Å². The number of aliphatic hydroxyl groups is 1.